The van der Waals surface area contributed by atoms with Crippen molar-refractivity contribution in [2.24, 2.45) is 5.92 Å². The number of halogens is 3. The number of aliphatic hydroxyl groups is 1. The van der Waals surface area contributed by atoms with Crippen molar-refractivity contribution in [3.05, 3.63) is 29.7 Å². The Labute approximate surface area is 155 Å². The topological polar surface area (TPSA) is 63.0 Å². The van der Waals surface area contributed by atoms with Gasteiger partial charge in [0.25, 0.3) is 0 Å². The van der Waals surface area contributed by atoms with Crippen molar-refractivity contribution in [3.8, 4) is 11.3 Å². The van der Waals surface area contributed by atoms with E-state index in [0.29, 0.717) is 27.0 Å². The quantitative estimate of drug-likeness (QED) is 0.748. The van der Waals surface area contributed by atoms with E-state index < -0.39 is 12.2 Å². The van der Waals surface area contributed by atoms with Crippen LogP contribution in [0.5, 0.6) is 0 Å². The zero-order valence-corrected chi connectivity index (χ0v) is 15.0. The highest BCUT2D eigenvalue weighted by Gasteiger charge is 2.45. The third-order valence-electron chi connectivity index (χ3n) is 5.50. The molecule has 0 aromatic carbocycles. The first-order valence-electron chi connectivity index (χ1n) is 8.93. The van der Waals surface area contributed by atoms with Crippen LogP contribution in [-0.4, -0.2) is 31.5 Å². The van der Waals surface area contributed by atoms with Crippen LogP contribution < -0.4 is 5.32 Å². The fourth-order valence-electron chi connectivity index (χ4n) is 3.85. The highest BCUT2D eigenvalue weighted by atomic mass is 35.5. The second-order valence-electron chi connectivity index (χ2n) is 7.31. The number of pyridine rings is 1. The minimum atomic E-state index is -2.68. The normalized spacial score (nSPS) is 26.3. The fourth-order valence-corrected chi connectivity index (χ4v) is 4.01. The van der Waals surface area contributed by atoms with Crippen molar-refractivity contribution in [3.63, 3.8) is 0 Å². The van der Waals surface area contributed by atoms with E-state index in [2.05, 4.69) is 15.4 Å². The number of nitrogens with zero attached hydrogens (tertiary/aromatic N) is 3. The Morgan fingerprint density at radius 3 is 2.62 bits per heavy atom. The molecular weight excluding hydrogens is 362 g/mol. The van der Waals surface area contributed by atoms with Gasteiger partial charge in [0.15, 0.2) is 0 Å². The van der Waals surface area contributed by atoms with Crippen LogP contribution in [0.1, 0.15) is 45.1 Å². The van der Waals surface area contributed by atoms with Gasteiger partial charge in [0.05, 0.1) is 11.3 Å². The van der Waals surface area contributed by atoms with E-state index in [9.17, 15) is 13.9 Å². The average Bonchev–Trinajstić information content (AvgIpc) is 3.36. The Bertz CT molecular complexity index is 785. The summed E-state index contributed by atoms with van der Waals surface area (Å²) < 4.78 is 26.2. The van der Waals surface area contributed by atoms with Gasteiger partial charge in [0, 0.05) is 29.7 Å². The third-order valence-corrected chi connectivity index (χ3v) is 5.71. The van der Waals surface area contributed by atoms with Gasteiger partial charge in [0.1, 0.15) is 5.15 Å². The van der Waals surface area contributed by atoms with Crippen molar-refractivity contribution in [1.29, 1.82) is 0 Å². The molecule has 2 aliphatic carbocycles. The van der Waals surface area contributed by atoms with E-state index in [4.69, 9.17) is 11.6 Å². The van der Waals surface area contributed by atoms with Gasteiger partial charge in [-0.25, -0.2) is 9.67 Å². The van der Waals surface area contributed by atoms with Gasteiger partial charge in [-0.3, -0.25) is 0 Å². The van der Waals surface area contributed by atoms with E-state index in [1.54, 1.807) is 12.3 Å². The van der Waals surface area contributed by atoms with Crippen molar-refractivity contribution in [2.45, 2.75) is 56.7 Å². The van der Waals surface area contributed by atoms with Gasteiger partial charge in [-0.05, 0) is 56.6 Å². The molecule has 140 valence electrons. The molecule has 0 spiro atoms. The van der Waals surface area contributed by atoms with Gasteiger partial charge < -0.3 is 10.4 Å². The molecule has 2 fully saturated rings. The van der Waals surface area contributed by atoms with Gasteiger partial charge in [-0.1, -0.05) is 11.6 Å². The second-order valence-corrected chi connectivity index (χ2v) is 7.69. The Morgan fingerprint density at radius 1 is 1.27 bits per heavy atom. The Morgan fingerprint density at radius 2 is 2.00 bits per heavy atom. The van der Waals surface area contributed by atoms with Gasteiger partial charge in [-0.2, -0.15) is 13.9 Å². The SMILES string of the molecule is OC1(C2CC2)CCC(Nc2cc(Cl)ncc2-c2ccn(C(F)F)n2)CC1. The number of hydrogen-bond donors (Lipinski definition) is 2. The summed E-state index contributed by atoms with van der Waals surface area (Å²) in [6.07, 6.45) is 8.33. The second kappa shape index (κ2) is 6.78. The molecular formula is C18H21ClF2N4O. The number of rotatable bonds is 5. The lowest BCUT2D eigenvalue weighted by atomic mass is 9.79. The third kappa shape index (κ3) is 3.55. The summed E-state index contributed by atoms with van der Waals surface area (Å²) in [7, 11) is 0. The smallest absolute Gasteiger partial charge is 0.333 e. The highest BCUT2D eigenvalue weighted by Crippen LogP contribution is 2.47. The molecule has 0 amide bonds. The Kier molecular flexibility index (Phi) is 4.61. The van der Waals surface area contributed by atoms with Crippen molar-refractivity contribution >= 4 is 17.3 Å². The molecule has 2 aliphatic rings. The Hall–Kier alpha value is -1.73. The van der Waals surface area contributed by atoms with E-state index in [0.717, 1.165) is 44.2 Å². The maximum Gasteiger partial charge on any atom is 0.333 e. The van der Waals surface area contributed by atoms with Crippen LogP contribution in [0.15, 0.2) is 24.5 Å². The van der Waals surface area contributed by atoms with Crippen LogP contribution in [0.4, 0.5) is 14.5 Å². The standard InChI is InChI=1S/C18H21ClF2N4O/c19-16-9-15(13(10-22-16)14-5-8-25(24-14)17(20)21)23-12-3-6-18(26,7-4-12)11-1-2-11/h5,8-12,17,26H,1-4,6-7H2,(H,22,23). The summed E-state index contributed by atoms with van der Waals surface area (Å²) in [6.45, 7) is -2.68. The van der Waals surface area contributed by atoms with Crippen molar-refractivity contribution in [2.75, 3.05) is 5.32 Å². The molecule has 2 saturated carbocycles. The summed E-state index contributed by atoms with van der Waals surface area (Å²) in [5.74, 6) is 0.465. The van der Waals surface area contributed by atoms with Crippen LogP contribution in [0.3, 0.4) is 0 Å². The van der Waals surface area contributed by atoms with Crippen molar-refractivity contribution < 1.29 is 13.9 Å². The van der Waals surface area contributed by atoms with Crippen LogP contribution in [0.25, 0.3) is 11.3 Å². The minimum absolute atomic E-state index is 0.198. The monoisotopic (exact) mass is 382 g/mol. The molecule has 0 atom stereocenters. The molecule has 4 rings (SSSR count). The summed E-state index contributed by atoms with van der Waals surface area (Å²) in [6, 6.07) is 3.43. The number of aromatic nitrogens is 3. The Balaban J connectivity index is 1.51. The molecule has 8 heteroatoms. The molecule has 2 aromatic heterocycles. The maximum atomic E-state index is 12.8. The first-order valence-corrected chi connectivity index (χ1v) is 9.30. The largest absolute Gasteiger partial charge is 0.390 e. The highest BCUT2D eigenvalue weighted by molar-refractivity contribution is 6.29. The maximum absolute atomic E-state index is 12.8. The average molecular weight is 383 g/mol. The molecule has 0 aliphatic heterocycles. The first kappa shape index (κ1) is 17.7. The molecule has 2 N–H and O–H groups in total. The predicted molar refractivity (Wildman–Crippen MR) is 95.3 cm³/mol. The van der Waals surface area contributed by atoms with E-state index >= 15 is 0 Å². The number of nitrogens with one attached hydrogen (secondary N) is 1. The lowest BCUT2D eigenvalue weighted by Crippen LogP contribution is -2.40. The summed E-state index contributed by atoms with van der Waals surface area (Å²) >= 11 is 6.04. The zero-order valence-electron chi connectivity index (χ0n) is 14.2. The van der Waals surface area contributed by atoms with Crippen molar-refractivity contribution in [1.82, 2.24) is 14.8 Å². The van der Waals surface area contributed by atoms with Gasteiger partial charge in [-0.15, -0.1) is 0 Å². The number of alkyl halides is 2. The summed E-state index contributed by atoms with van der Waals surface area (Å²) in [4.78, 5) is 4.07. The predicted octanol–water partition coefficient (Wildman–Crippen LogP) is 4.49. The summed E-state index contributed by atoms with van der Waals surface area (Å²) in [5.41, 5.74) is 1.28. The molecule has 0 radical (unpaired) electrons. The van der Waals surface area contributed by atoms with E-state index in [-0.39, 0.29) is 6.04 Å². The van der Waals surface area contributed by atoms with Crippen LogP contribution >= 0.6 is 11.6 Å². The van der Waals surface area contributed by atoms with Crippen LogP contribution in [0, 0.1) is 5.92 Å². The molecule has 5 nitrogen and oxygen atoms in total. The number of anilines is 1. The molecule has 2 aromatic rings. The van der Waals surface area contributed by atoms with Crippen LogP contribution in [-0.2, 0) is 0 Å². The lowest BCUT2D eigenvalue weighted by Gasteiger charge is -2.37. The first-order chi connectivity index (χ1) is 12.4. The van der Waals surface area contributed by atoms with Gasteiger partial charge in [0.2, 0.25) is 0 Å². The van der Waals surface area contributed by atoms with Crippen LogP contribution in [0.2, 0.25) is 5.15 Å². The molecule has 2 heterocycles. The van der Waals surface area contributed by atoms with E-state index in [1.165, 1.54) is 12.3 Å². The molecule has 0 saturated heterocycles. The molecule has 0 bridgehead atoms. The fraction of sp³-hybridized carbons (Fsp3) is 0.556. The van der Waals surface area contributed by atoms with E-state index in [1.807, 2.05) is 0 Å². The molecule has 26 heavy (non-hydrogen) atoms. The summed E-state index contributed by atoms with van der Waals surface area (Å²) in [5, 5.41) is 18.4. The number of hydrogen-bond acceptors (Lipinski definition) is 4. The molecule has 0 unspecified atom stereocenters. The zero-order chi connectivity index (χ0) is 18.3. The minimum Gasteiger partial charge on any atom is -0.390 e. The van der Waals surface area contributed by atoms with Gasteiger partial charge >= 0.3 is 6.55 Å². The lowest BCUT2D eigenvalue weighted by molar-refractivity contribution is -0.0191.